The van der Waals surface area contributed by atoms with E-state index in [1.54, 1.807) is 34.7 Å². The predicted octanol–water partition coefficient (Wildman–Crippen LogP) is 3.58. The van der Waals surface area contributed by atoms with Gasteiger partial charge in [-0.05, 0) is 37.4 Å². The third kappa shape index (κ3) is 3.82. The maximum atomic E-state index is 13.3. The van der Waals surface area contributed by atoms with E-state index in [4.69, 9.17) is 0 Å². The van der Waals surface area contributed by atoms with Crippen LogP contribution in [0.4, 0.5) is 0 Å². The van der Waals surface area contributed by atoms with E-state index in [0.717, 1.165) is 16.3 Å². The Morgan fingerprint density at radius 3 is 2.69 bits per heavy atom. The van der Waals surface area contributed by atoms with Crippen LogP contribution in [0.2, 0.25) is 0 Å². The maximum Gasteiger partial charge on any atom is 0.254 e. The van der Waals surface area contributed by atoms with Crippen LogP contribution < -0.4 is 5.32 Å². The molecular formula is C22H24N4O2S. The van der Waals surface area contributed by atoms with Gasteiger partial charge in [-0.25, -0.2) is 4.98 Å². The Morgan fingerprint density at radius 2 is 2.00 bits per heavy atom. The van der Waals surface area contributed by atoms with E-state index in [0.29, 0.717) is 25.1 Å². The van der Waals surface area contributed by atoms with Crippen molar-refractivity contribution in [2.45, 2.75) is 38.9 Å². The topological polar surface area (TPSA) is 67.2 Å². The number of nitrogens with one attached hydrogen (secondary N) is 1. The van der Waals surface area contributed by atoms with Crippen molar-refractivity contribution in [3.63, 3.8) is 0 Å². The highest BCUT2D eigenvalue weighted by atomic mass is 32.1. The number of benzene rings is 1. The molecule has 0 radical (unpaired) electrons. The Bertz CT molecular complexity index is 995. The molecule has 2 amide bonds. The maximum absolute atomic E-state index is 13.3. The van der Waals surface area contributed by atoms with Gasteiger partial charge < -0.3 is 14.8 Å². The molecule has 0 spiro atoms. The van der Waals surface area contributed by atoms with Crippen molar-refractivity contribution < 1.29 is 9.59 Å². The second-order valence-corrected chi connectivity index (χ2v) is 8.42. The van der Waals surface area contributed by atoms with Crippen LogP contribution >= 0.6 is 11.3 Å². The SMILES string of the molecule is CC(C)n1cnc2c1C(C(=O)NCc1cccs1)N(C(=O)c1ccccc1)CC2. The zero-order chi connectivity index (χ0) is 20.4. The van der Waals surface area contributed by atoms with Gasteiger partial charge in [0.2, 0.25) is 5.91 Å². The number of carbonyl (C=O) groups is 2. The number of hydrogen-bond donors (Lipinski definition) is 1. The molecule has 0 aliphatic carbocycles. The molecule has 1 aromatic carbocycles. The van der Waals surface area contributed by atoms with Crippen molar-refractivity contribution >= 4 is 23.2 Å². The minimum atomic E-state index is -0.698. The molecule has 1 unspecified atom stereocenters. The summed E-state index contributed by atoms with van der Waals surface area (Å²) < 4.78 is 2.01. The van der Waals surface area contributed by atoms with Gasteiger partial charge >= 0.3 is 0 Å². The standard InChI is InChI=1S/C22H24N4O2S/c1-15(2)26-14-24-18-10-11-25(22(28)16-7-4-3-5-8-16)20(19(18)26)21(27)23-13-17-9-6-12-29-17/h3-9,12,14-15,20H,10-11,13H2,1-2H3,(H,23,27). The molecule has 4 rings (SSSR count). The van der Waals surface area contributed by atoms with Crippen molar-refractivity contribution in [2.75, 3.05) is 6.54 Å². The largest absolute Gasteiger partial charge is 0.349 e. The van der Waals surface area contributed by atoms with E-state index in [9.17, 15) is 9.59 Å². The van der Waals surface area contributed by atoms with E-state index in [2.05, 4.69) is 24.1 Å². The summed E-state index contributed by atoms with van der Waals surface area (Å²) >= 11 is 1.60. The molecule has 2 aromatic heterocycles. The van der Waals surface area contributed by atoms with Crippen LogP contribution in [-0.4, -0.2) is 32.8 Å². The lowest BCUT2D eigenvalue weighted by atomic mass is 9.99. The summed E-state index contributed by atoms with van der Waals surface area (Å²) in [6.07, 6.45) is 2.42. The fourth-order valence-electron chi connectivity index (χ4n) is 3.73. The third-order valence-corrected chi connectivity index (χ3v) is 6.05. The molecule has 7 heteroatoms. The van der Waals surface area contributed by atoms with Gasteiger partial charge in [-0.1, -0.05) is 24.3 Å². The highest BCUT2D eigenvalue weighted by molar-refractivity contribution is 7.09. The quantitative estimate of drug-likeness (QED) is 0.702. The van der Waals surface area contributed by atoms with Crippen LogP contribution in [0.15, 0.2) is 54.2 Å². The van der Waals surface area contributed by atoms with Crippen LogP contribution in [0.3, 0.4) is 0 Å². The van der Waals surface area contributed by atoms with Gasteiger partial charge in [-0.3, -0.25) is 9.59 Å². The van der Waals surface area contributed by atoms with Gasteiger partial charge in [0, 0.05) is 29.4 Å². The number of hydrogen-bond acceptors (Lipinski definition) is 4. The molecule has 0 fully saturated rings. The average Bonchev–Trinajstić information content (AvgIpc) is 3.41. The molecule has 0 bridgehead atoms. The summed E-state index contributed by atoms with van der Waals surface area (Å²) in [5.41, 5.74) is 2.30. The van der Waals surface area contributed by atoms with Crippen molar-refractivity contribution in [1.82, 2.24) is 19.8 Å². The van der Waals surface area contributed by atoms with Crippen LogP contribution in [-0.2, 0) is 17.8 Å². The van der Waals surface area contributed by atoms with Gasteiger partial charge in [0.25, 0.3) is 5.91 Å². The van der Waals surface area contributed by atoms with E-state index >= 15 is 0 Å². The Morgan fingerprint density at radius 1 is 1.21 bits per heavy atom. The number of imidazole rings is 1. The van der Waals surface area contributed by atoms with Gasteiger partial charge in [-0.2, -0.15) is 0 Å². The number of thiophene rings is 1. The van der Waals surface area contributed by atoms with Gasteiger partial charge in [0.1, 0.15) is 0 Å². The molecule has 3 heterocycles. The molecule has 6 nitrogen and oxygen atoms in total. The molecule has 3 aromatic rings. The highest BCUT2D eigenvalue weighted by Gasteiger charge is 2.39. The number of carbonyl (C=O) groups excluding carboxylic acids is 2. The number of aromatic nitrogens is 2. The molecule has 0 saturated heterocycles. The first-order valence-electron chi connectivity index (χ1n) is 9.78. The number of fused-ring (bicyclic) bond motifs is 1. The molecule has 1 aliphatic rings. The summed E-state index contributed by atoms with van der Waals surface area (Å²) in [5.74, 6) is -0.310. The zero-order valence-electron chi connectivity index (χ0n) is 16.5. The van der Waals surface area contributed by atoms with E-state index in [1.165, 1.54) is 0 Å². The minimum absolute atomic E-state index is 0.135. The lowest BCUT2D eigenvalue weighted by Crippen LogP contribution is -2.48. The van der Waals surface area contributed by atoms with Gasteiger partial charge in [0.05, 0.1) is 24.3 Å². The van der Waals surface area contributed by atoms with Gasteiger partial charge in [0.15, 0.2) is 6.04 Å². The Hall–Kier alpha value is -2.93. The lowest BCUT2D eigenvalue weighted by molar-refractivity contribution is -0.126. The number of nitrogens with zero attached hydrogens (tertiary/aromatic N) is 3. The zero-order valence-corrected chi connectivity index (χ0v) is 17.4. The van der Waals surface area contributed by atoms with Crippen molar-refractivity contribution in [2.24, 2.45) is 0 Å². The molecule has 1 N–H and O–H groups in total. The smallest absolute Gasteiger partial charge is 0.254 e. The van der Waals surface area contributed by atoms with Crippen LogP contribution in [0.5, 0.6) is 0 Å². The molecule has 1 aliphatic heterocycles. The Kier molecular flexibility index (Phi) is 5.49. The first-order chi connectivity index (χ1) is 14.1. The first-order valence-corrected chi connectivity index (χ1v) is 10.7. The molecule has 29 heavy (non-hydrogen) atoms. The van der Waals surface area contributed by atoms with Gasteiger partial charge in [-0.15, -0.1) is 11.3 Å². The summed E-state index contributed by atoms with van der Waals surface area (Å²) in [5, 5.41) is 5.01. The molecule has 1 atom stereocenters. The third-order valence-electron chi connectivity index (χ3n) is 5.18. The monoisotopic (exact) mass is 408 g/mol. The van der Waals surface area contributed by atoms with Crippen LogP contribution in [0.25, 0.3) is 0 Å². The summed E-state index contributed by atoms with van der Waals surface area (Å²) in [6, 6.07) is 12.5. The van der Waals surface area contributed by atoms with E-state index in [1.807, 2.05) is 40.3 Å². The summed E-state index contributed by atoms with van der Waals surface area (Å²) in [6.45, 7) is 5.03. The second kappa shape index (κ2) is 8.21. The van der Waals surface area contributed by atoms with Crippen molar-refractivity contribution in [1.29, 1.82) is 0 Å². The predicted molar refractivity (Wildman–Crippen MR) is 113 cm³/mol. The fourth-order valence-corrected chi connectivity index (χ4v) is 4.38. The van der Waals surface area contributed by atoms with Crippen molar-refractivity contribution in [3.05, 3.63) is 76.0 Å². The summed E-state index contributed by atoms with van der Waals surface area (Å²) in [4.78, 5) is 33.9. The normalized spacial score (nSPS) is 16.0. The lowest BCUT2D eigenvalue weighted by Gasteiger charge is -2.36. The number of amides is 2. The molecular weight excluding hydrogens is 384 g/mol. The molecule has 150 valence electrons. The first kappa shape index (κ1) is 19.4. The highest BCUT2D eigenvalue weighted by Crippen LogP contribution is 2.32. The molecule has 0 saturated carbocycles. The minimum Gasteiger partial charge on any atom is -0.349 e. The Labute approximate surface area is 174 Å². The summed E-state index contributed by atoms with van der Waals surface area (Å²) in [7, 11) is 0. The van der Waals surface area contributed by atoms with E-state index < -0.39 is 6.04 Å². The van der Waals surface area contributed by atoms with E-state index in [-0.39, 0.29) is 17.9 Å². The van der Waals surface area contributed by atoms with Crippen LogP contribution in [0, 0.1) is 0 Å². The fraction of sp³-hybridized carbons (Fsp3) is 0.318. The van der Waals surface area contributed by atoms with Crippen molar-refractivity contribution in [3.8, 4) is 0 Å². The number of rotatable bonds is 5. The second-order valence-electron chi connectivity index (χ2n) is 7.39. The van der Waals surface area contributed by atoms with Crippen LogP contribution in [0.1, 0.15) is 52.6 Å². The average molecular weight is 409 g/mol. The Balaban J connectivity index is 1.69.